The number of benzene rings is 1. The molecule has 2 rings (SSSR count). The van der Waals surface area contributed by atoms with Crippen LogP contribution in [0.3, 0.4) is 0 Å². The van der Waals surface area contributed by atoms with Crippen LogP contribution in [0.4, 0.5) is 0 Å². The van der Waals surface area contributed by atoms with Gasteiger partial charge in [-0.1, -0.05) is 18.2 Å². The Labute approximate surface area is 115 Å². The molecule has 1 N–H and O–H groups in total. The molecule has 1 unspecified atom stereocenters. The Morgan fingerprint density at radius 2 is 1.58 bits per heavy atom. The van der Waals surface area contributed by atoms with Crippen molar-refractivity contribution in [3.05, 3.63) is 57.5 Å². The molecule has 1 aromatic carbocycles. The van der Waals surface area contributed by atoms with Gasteiger partial charge in [-0.05, 0) is 56.9 Å². The smallest absolute Gasteiger partial charge is 0.107 e. The average Bonchev–Trinajstić information content (AvgIpc) is 2.58. The lowest BCUT2D eigenvalue weighted by molar-refractivity contribution is 0.175. The fourth-order valence-corrected chi connectivity index (χ4v) is 2.77. The Bertz CT molecular complexity index is 573. The van der Waals surface area contributed by atoms with Crippen LogP contribution in [-0.4, -0.2) is 5.11 Å². The van der Waals surface area contributed by atoms with Gasteiger partial charge in [0.15, 0.2) is 0 Å². The highest BCUT2D eigenvalue weighted by molar-refractivity contribution is 5.38. The van der Waals surface area contributed by atoms with Gasteiger partial charge in [0, 0.05) is 12.0 Å². The van der Waals surface area contributed by atoms with Crippen molar-refractivity contribution in [3.8, 4) is 0 Å². The third-order valence-electron chi connectivity index (χ3n) is 3.99. The number of aliphatic hydroxyl groups is 1. The second-order valence-corrected chi connectivity index (χ2v) is 5.34. The molecule has 0 saturated carbocycles. The van der Waals surface area contributed by atoms with Crippen LogP contribution < -0.4 is 0 Å². The summed E-state index contributed by atoms with van der Waals surface area (Å²) in [6, 6.07) is 6.24. The molecule has 0 amide bonds. The van der Waals surface area contributed by atoms with Crippen LogP contribution in [0.5, 0.6) is 0 Å². The minimum Gasteiger partial charge on any atom is -0.466 e. The third kappa shape index (κ3) is 2.59. The fourth-order valence-electron chi connectivity index (χ4n) is 2.77. The first-order valence-corrected chi connectivity index (χ1v) is 6.71. The lowest BCUT2D eigenvalue weighted by Crippen LogP contribution is -2.06. The molecule has 1 atom stereocenters. The van der Waals surface area contributed by atoms with Crippen LogP contribution in [0.2, 0.25) is 0 Å². The van der Waals surface area contributed by atoms with E-state index in [1.807, 2.05) is 20.8 Å². The van der Waals surface area contributed by atoms with Gasteiger partial charge in [-0.15, -0.1) is 0 Å². The van der Waals surface area contributed by atoms with Gasteiger partial charge in [-0.2, -0.15) is 0 Å². The number of aryl methyl sites for hydroxylation is 4. The van der Waals surface area contributed by atoms with Gasteiger partial charge in [0.25, 0.3) is 0 Å². The molecule has 0 spiro atoms. The summed E-state index contributed by atoms with van der Waals surface area (Å²) in [4.78, 5) is 0. The molecule has 2 heteroatoms. The normalized spacial score (nSPS) is 12.7. The maximum Gasteiger partial charge on any atom is 0.107 e. The Balaban J connectivity index is 2.33. The average molecular weight is 258 g/mol. The van der Waals surface area contributed by atoms with Crippen LogP contribution >= 0.6 is 0 Å². The molecule has 0 bridgehead atoms. The zero-order chi connectivity index (χ0) is 14.2. The van der Waals surface area contributed by atoms with Crippen LogP contribution in [0.1, 0.15) is 45.4 Å². The first kappa shape index (κ1) is 13.9. The van der Waals surface area contributed by atoms with E-state index in [9.17, 15) is 5.11 Å². The van der Waals surface area contributed by atoms with E-state index in [1.54, 1.807) is 0 Å². The molecular formula is C17H22O2. The highest BCUT2D eigenvalue weighted by Gasteiger charge is 2.20. The molecule has 2 aromatic rings. The highest BCUT2D eigenvalue weighted by atomic mass is 16.3. The van der Waals surface area contributed by atoms with Crippen LogP contribution in [0, 0.1) is 34.6 Å². The van der Waals surface area contributed by atoms with Crippen molar-refractivity contribution in [2.45, 2.75) is 47.1 Å². The molecule has 0 aliphatic carbocycles. The molecule has 1 heterocycles. The van der Waals surface area contributed by atoms with Gasteiger partial charge in [-0.25, -0.2) is 0 Å². The molecule has 19 heavy (non-hydrogen) atoms. The first-order chi connectivity index (χ1) is 8.91. The van der Waals surface area contributed by atoms with Crippen LogP contribution in [-0.2, 0) is 6.42 Å². The molecule has 1 aromatic heterocycles. The van der Waals surface area contributed by atoms with Gasteiger partial charge in [-0.3, -0.25) is 0 Å². The number of furan rings is 1. The van der Waals surface area contributed by atoms with Crippen molar-refractivity contribution >= 4 is 0 Å². The summed E-state index contributed by atoms with van der Waals surface area (Å²) in [7, 11) is 0. The third-order valence-corrected chi connectivity index (χ3v) is 3.99. The number of hydrogen-bond donors (Lipinski definition) is 1. The summed E-state index contributed by atoms with van der Waals surface area (Å²) in [5.41, 5.74) is 5.70. The molecule has 0 fully saturated rings. The molecule has 102 valence electrons. The van der Waals surface area contributed by atoms with E-state index in [-0.39, 0.29) is 0 Å². The van der Waals surface area contributed by atoms with Crippen molar-refractivity contribution in [1.82, 2.24) is 0 Å². The van der Waals surface area contributed by atoms with E-state index in [0.717, 1.165) is 22.6 Å². The van der Waals surface area contributed by atoms with E-state index in [1.165, 1.54) is 16.7 Å². The maximum atomic E-state index is 10.5. The van der Waals surface area contributed by atoms with Crippen molar-refractivity contribution in [1.29, 1.82) is 0 Å². The van der Waals surface area contributed by atoms with Crippen molar-refractivity contribution in [3.63, 3.8) is 0 Å². The predicted molar refractivity (Wildman–Crippen MR) is 77.5 cm³/mol. The van der Waals surface area contributed by atoms with Gasteiger partial charge >= 0.3 is 0 Å². The monoisotopic (exact) mass is 258 g/mol. The summed E-state index contributed by atoms with van der Waals surface area (Å²) in [6.07, 6.45) is 0.136. The topological polar surface area (TPSA) is 33.4 Å². The van der Waals surface area contributed by atoms with Crippen LogP contribution in [0.15, 0.2) is 22.6 Å². The fraction of sp³-hybridized carbons (Fsp3) is 0.412. The Hall–Kier alpha value is -1.54. The van der Waals surface area contributed by atoms with Crippen LogP contribution in [0.25, 0.3) is 0 Å². The second kappa shape index (κ2) is 5.22. The molecular weight excluding hydrogens is 236 g/mol. The summed E-state index contributed by atoms with van der Waals surface area (Å²) in [5, 5.41) is 10.5. The standard InChI is InChI=1S/C17H22O2/c1-10-7-6-8-11(2)15(10)9-16(18)17-12(3)13(4)19-14(17)5/h6-8,16,18H,9H2,1-5H3. The summed E-state index contributed by atoms with van der Waals surface area (Å²) < 4.78 is 5.60. The van der Waals surface area contributed by atoms with Crippen molar-refractivity contribution in [2.75, 3.05) is 0 Å². The zero-order valence-corrected chi connectivity index (χ0v) is 12.4. The number of hydrogen-bond acceptors (Lipinski definition) is 2. The van der Waals surface area contributed by atoms with Gasteiger partial charge in [0.2, 0.25) is 0 Å². The lowest BCUT2D eigenvalue weighted by atomic mass is 9.93. The Morgan fingerprint density at radius 1 is 1.00 bits per heavy atom. The second-order valence-electron chi connectivity index (χ2n) is 5.34. The summed E-state index contributed by atoms with van der Waals surface area (Å²) in [6.45, 7) is 10.1. The maximum absolute atomic E-state index is 10.5. The quantitative estimate of drug-likeness (QED) is 0.899. The molecule has 0 aliphatic rings. The van der Waals surface area contributed by atoms with E-state index < -0.39 is 6.10 Å². The van der Waals surface area contributed by atoms with E-state index in [4.69, 9.17) is 4.42 Å². The van der Waals surface area contributed by atoms with Gasteiger partial charge in [0.05, 0.1) is 6.10 Å². The minimum atomic E-state index is -0.503. The van der Waals surface area contributed by atoms with E-state index in [0.29, 0.717) is 6.42 Å². The SMILES string of the molecule is Cc1cccc(C)c1CC(O)c1c(C)oc(C)c1C. The van der Waals surface area contributed by atoms with Crippen molar-refractivity contribution in [2.24, 2.45) is 0 Å². The first-order valence-electron chi connectivity index (χ1n) is 6.71. The van der Waals surface area contributed by atoms with Gasteiger partial charge < -0.3 is 9.52 Å². The molecule has 2 nitrogen and oxygen atoms in total. The van der Waals surface area contributed by atoms with Gasteiger partial charge in [0.1, 0.15) is 11.5 Å². The number of rotatable bonds is 3. The molecule has 0 aliphatic heterocycles. The van der Waals surface area contributed by atoms with E-state index in [2.05, 4.69) is 32.0 Å². The lowest BCUT2D eigenvalue weighted by Gasteiger charge is -2.15. The van der Waals surface area contributed by atoms with Crippen molar-refractivity contribution < 1.29 is 9.52 Å². The highest BCUT2D eigenvalue weighted by Crippen LogP contribution is 2.30. The Kier molecular flexibility index (Phi) is 3.81. The summed E-state index contributed by atoms with van der Waals surface area (Å²) >= 11 is 0. The largest absolute Gasteiger partial charge is 0.466 e. The van der Waals surface area contributed by atoms with E-state index >= 15 is 0 Å². The summed E-state index contributed by atoms with van der Waals surface area (Å²) in [5.74, 6) is 1.72. The minimum absolute atomic E-state index is 0.503. The predicted octanol–water partition coefficient (Wildman–Crippen LogP) is 4.10. The molecule has 0 saturated heterocycles. The molecule has 0 radical (unpaired) electrons. The Morgan fingerprint density at radius 3 is 2.05 bits per heavy atom. The number of aliphatic hydroxyl groups excluding tert-OH is 1. The zero-order valence-electron chi connectivity index (χ0n) is 12.4.